The van der Waals surface area contributed by atoms with Gasteiger partial charge in [0.05, 0.1) is 0 Å². The van der Waals surface area contributed by atoms with Gasteiger partial charge in [-0.25, -0.2) is 0 Å². The van der Waals surface area contributed by atoms with Crippen molar-refractivity contribution in [2.24, 2.45) is 40.9 Å². The van der Waals surface area contributed by atoms with Crippen LogP contribution in [0.3, 0.4) is 0 Å². The molecule has 0 spiro atoms. The molecule has 4 aliphatic rings. The lowest BCUT2D eigenvalue weighted by Crippen LogP contribution is -2.49. The van der Waals surface area contributed by atoms with Crippen molar-refractivity contribution in [1.82, 2.24) is 0 Å². The zero-order valence-corrected chi connectivity index (χ0v) is 13.9. The van der Waals surface area contributed by atoms with Gasteiger partial charge in [0, 0.05) is 6.42 Å². The molecule has 7 unspecified atom stereocenters. The predicted octanol–water partition coefficient (Wildman–Crippen LogP) is 5.01. The van der Waals surface area contributed by atoms with Crippen LogP contribution in [0.4, 0.5) is 0 Å². The van der Waals surface area contributed by atoms with Crippen molar-refractivity contribution in [2.45, 2.75) is 65.7 Å². The average Bonchev–Trinajstić information content (AvgIpc) is 2.74. The SMILES string of the molecule is CC1CC2(C)C(C)CCC2C2CCC3=CC(=O)CCC3C12. The molecule has 0 aromatic carbocycles. The molecule has 4 rings (SSSR count). The predicted molar refractivity (Wildman–Crippen MR) is 85.8 cm³/mol. The molecule has 0 amide bonds. The summed E-state index contributed by atoms with van der Waals surface area (Å²) in [5.74, 6) is 5.68. The topological polar surface area (TPSA) is 17.1 Å². The second-order valence-electron chi connectivity index (χ2n) is 8.88. The highest BCUT2D eigenvalue weighted by Gasteiger charge is 2.57. The maximum absolute atomic E-state index is 11.8. The highest BCUT2D eigenvalue weighted by atomic mass is 16.1. The van der Waals surface area contributed by atoms with Crippen LogP contribution in [-0.2, 0) is 4.79 Å². The van der Waals surface area contributed by atoms with E-state index in [2.05, 4.69) is 20.8 Å². The minimum Gasteiger partial charge on any atom is -0.295 e. The number of allylic oxidation sites excluding steroid dienone is 1. The quantitative estimate of drug-likeness (QED) is 0.611. The molecule has 7 atom stereocenters. The third-order valence-electron chi connectivity index (χ3n) is 8.07. The van der Waals surface area contributed by atoms with Crippen molar-refractivity contribution in [3.05, 3.63) is 11.6 Å². The Hall–Kier alpha value is -0.590. The molecular weight excluding hydrogens is 256 g/mol. The van der Waals surface area contributed by atoms with Crippen LogP contribution < -0.4 is 0 Å². The molecular formula is C20H30O. The summed E-state index contributed by atoms with van der Waals surface area (Å²) in [6.45, 7) is 7.61. The Kier molecular flexibility index (Phi) is 3.14. The molecule has 21 heavy (non-hydrogen) atoms. The summed E-state index contributed by atoms with van der Waals surface area (Å²) in [5, 5.41) is 0. The van der Waals surface area contributed by atoms with Gasteiger partial charge in [-0.1, -0.05) is 26.3 Å². The number of hydrogen-bond acceptors (Lipinski definition) is 1. The summed E-state index contributed by atoms with van der Waals surface area (Å²) in [7, 11) is 0. The second kappa shape index (κ2) is 4.70. The summed E-state index contributed by atoms with van der Waals surface area (Å²) in [6.07, 6.45) is 10.9. The van der Waals surface area contributed by atoms with E-state index in [0.29, 0.717) is 11.2 Å². The lowest BCUT2D eigenvalue weighted by molar-refractivity contribution is -0.116. The minimum absolute atomic E-state index is 0.391. The molecule has 0 aliphatic heterocycles. The number of carbonyl (C=O) groups is 1. The lowest BCUT2D eigenvalue weighted by Gasteiger charge is -2.56. The second-order valence-corrected chi connectivity index (χ2v) is 8.88. The molecule has 0 saturated heterocycles. The Morgan fingerprint density at radius 2 is 1.90 bits per heavy atom. The van der Waals surface area contributed by atoms with Crippen LogP contribution in [0.1, 0.15) is 65.7 Å². The van der Waals surface area contributed by atoms with Gasteiger partial charge >= 0.3 is 0 Å². The van der Waals surface area contributed by atoms with Crippen molar-refractivity contribution in [3.8, 4) is 0 Å². The van der Waals surface area contributed by atoms with E-state index in [1.165, 1.54) is 37.7 Å². The van der Waals surface area contributed by atoms with Gasteiger partial charge in [-0.2, -0.15) is 0 Å². The summed E-state index contributed by atoms with van der Waals surface area (Å²) >= 11 is 0. The zero-order valence-electron chi connectivity index (χ0n) is 13.9. The van der Waals surface area contributed by atoms with Crippen LogP contribution in [-0.4, -0.2) is 5.78 Å². The molecule has 3 fully saturated rings. The van der Waals surface area contributed by atoms with Crippen molar-refractivity contribution in [2.75, 3.05) is 0 Å². The Bertz CT molecular complexity index is 490. The number of fused-ring (bicyclic) bond motifs is 5. The Morgan fingerprint density at radius 1 is 1.10 bits per heavy atom. The molecule has 0 N–H and O–H groups in total. The molecule has 1 heteroatoms. The zero-order chi connectivity index (χ0) is 14.8. The van der Waals surface area contributed by atoms with Gasteiger partial charge in [0.25, 0.3) is 0 Å². The Balaban J connectivity index is 1.68. The van der Waals surface area contributed by atoms with Crippen molar-refractivity contribution in [3.63, 3.8) is 0 Å². The number of ketones is 1. The molecule has 1 nitrogen and oxygen atoms in total. The standard InChI is InChI=1S/C20H30O/c1-12-11-20(3)13(2)4-9-18(20)17-7-5-14-10-15(21)6-8-16(14)19(12)17/h10,12-13,16-19H,4-9,11H2,1-3H3. The summed E-state index contributed by atoms with van der Waals surface area (Å²) in [5.41, 5.74) is 2.13. The fourth-order valence-corrected chi connectivity index (χ4v) is 7.02. The summed E-state index contributed by atoms with van der Waals surface area (Å²) in [6, 6.07) is 0. The maximum atomic E-state index is 11.8. The molecule has 3 saturated carbocycles. The van der Waals surface area contributed by atoms with Gasteiger partial charge in [-0.3, -0.25) is 4.79 Å². The average molecular weight is 286 g/mol. The van der Waals surface area contributed by atoms with E-state index in [9.17, 15) is 4.79 Å². The molecule has 0 bridgehead atoms. The first kappa shape index (κ1) is 14.0. The minimum atomic E-state index is 0.391. The van der Waals surface area contributed by atoms with E-state index in [1.807, 2.05) is 6.08 Å². The highest BCUT2D eigenvalue weighted by molar-refractivity contribution is 5.91. The number of carbonyl (C=O) groups excluding carboxylic acids is 1. The number of hydrogen-bond donors (Lipinski definition) is 0. The van der Waals surface area contributed by atoms with Gasteiger partial charge < -0.3 is 0 Å². The third kappa shape index (κ3) is 1.92. The normalized spacial score (nSPS) is 52.7. The summed E-state index contributed by atoms with van der Waals surface area (Å²) < 4.78 is 0. The summed E-state index contributed by atoms with van der Waals surface area (Å²) in [4.78, 5) is 11.8. The van der Waals surface area contributed by atoms with Gasteiger partial charge in [0.2, 0.25) is 0 Å². The van der Waals surface area contributed by atoms with Crippen LogP contribution in [0.25, 0.3) is 0 Å². The van der Waals surface area contributed by atoms with Gasteiger partial charge in [-0.05, 0) is 85.5 Å². The van der Waals surface area contributed by atoms with Gasteiger partial charge in [-0.15, -0.1) is 0 Å². The van der Waals surface area contributed by atoms with Crippen LogP contribution in [0.15, 0.2) is 11.6 Å². The van der Waals surface area contributed by atoms with Crippen LogP contribution in [0, 0.1) is 40.9 Å². The fraction of sp³-hybridized carbons (Fsp3) is 0.850. The van der Waals surface area contributed by atoms with E-state index in [0.717, 1.165) is 48.3 Å². The smallest absolute Gasteiger partial charge is 0.155 e. The lowest BCUT2D eigenvalue weighted by atomic mass is 9.48. The molecule has 116 valence electrons. The van der Waals surface area contributed by atoms with E-state index < -0.39 is 0 Å². The molecule has 0 radical (unpaired) electrons. The van der Waals surface area contributed by atoms with Crippen LogP contribution in [0.2, 0.25) is 0 Å². The van der Waals surface area contributed by atoms with E-state index >= 15 is 0 Å². The first-order chi connectivity index (χ1) is 10.0. The van der Waals surface area contributed by atoms with E-state index in [1.54, 1.807) is 0 Å². The van der Waals surface area contributed by atoms with Crippen LogP contribution in [0.5, 0.6) is 0 Å². The molecule has 4 aliphatic carbocycles. The maximum Gasteiger partial charge on any atom is 0.155 e. The highest BCUT2D eigenvalue weighted by Crippen LogP contribution is 2.64. The number of rotatable bonds is 0. The Labute approximate surface area is 129 Å². The monoisotopic (exact) mass is 286 g/mol. The first-order valence-electron chi connectivity index (χ1n) is 9.24. The van der Waals surface area contributed by atoms with Crippen molar-refractivity contribution >= 4 is 5.78 Å². The first-order valence-corrected chi connectivity index (χ1v) is 9.24. The third-order valence-corrected chi connectivity index (χ3v) is 8.07. The van der Waals surface area contributed by atoms with Gasteiger partial charge in [0.1, 0.15) is 0 Å². The largest absolute Gasteiger partial charge is 0.295 e. The van der Waals surface area contributed by atoms with Gasteiger partial charge in [0.15, 0.2) is 5.78 Å². The fourth-order valence-electron chi connectivity index (χ4n) is 7.02. The van der Waals surface area contributed by atoms with Crippen molar-refractivity contribution in [1.29, 1.82) is 0 Å². The van der Waals surface area contributed by atoms with E-state index in [-0.39, 0.29) is 0 Å². The van der Waals surface area contributed by atoms with E-state index in [4.69, 9.17) is 0 Å². The Morgan fingerprint density at radius 3 is 2.71 bits per heavy atom. The molecule has 0 heterocycles. The van der Waals surface area contributed by atoms with Crippen molar-refractivity contribution < 1.29 is 4.79 Å². The van der Waals surface area contributed by atoms with Crippen LogP contribution >= 0.6 is 0 Å². The molecule has 0 aromatic heterocycles. The molecule has 0 aromatic rings.